The van der Waals surface area contributed by atoms with Crippen LogP contribution in [0.1, 0.15) is 17.5 Å². The molecule has 2 aromatic rings. The Labute approximate surface area is 136 Å². The second-order valence-electron chi connectivity index (χ2n) is 5.32. The Hall–Kier alpha value is -2.34. The monoisotopic (exact) mass is 333 g/mol. The third-order valence-corrected chi connectivity index (χ3v) is 5.35. The van der Waals surface area contributed by atoms with E-state index in [4.69, 9.17) is 5.11 Å². The summed E-state index contributed by atoms with van der Waals surface area (Å²) in [6, 6.07) is 13.6. The Morgan fingerprint density at radius 1 is 1.04 bits per heavy atom. The number of rotatable bonds is 6. The minimum absolute atomic E-state index is 0.115. The molecular weight excluding hydrogens is 314 g/mol. The van der Waals surface area contributed by atoms with Gasteiger partial charge in [0.25, 0.3) is 10.0 Å². The summed E-state index contributed by atoms with van der Waals surface area (Å²) in [4.78, 5) is 11.1. The van der Waals surface area contributed by atoms with E-state index in [9.17, 15) is 13.2 Å². The van der Waals surface area contributed by atoms with Crippen LogP contribution in [0.5, 0.6) is 0 Å². The molecule has 5 nitrogen and oxygen atoms in total. The van der Waals surface area contributed by atoms with E-state index in [0.717, 1.165) is 11.1 Å². The van der Waals surface area contributed by atoms with Crippen molar-refractivity contribution in [2.45, 2.75) is 25.2 Å². The highest BCUT2D eigenvalue weighted by Crippen LogP contribution is 2.27. The van der Waals surface area contributed by atoms with Crippen LogP contribution in [-0.4, -0.2) is 26.0 Å². The van der Waals surface area contributed by atoms with Gasteiger partial charge in [0, 0.05) is 6.54 Å². The Morgan fingerprint density at radius 3 is 2.22 bits per heavy atom. The van der Waals surface area contributed by atoms with Crippen molar-refractivity contribution in [3.8, 4) is 0 Å². The van der Waals surface area contributed by atoms with E-state index < -0.39 is 16.0 Å². The lowest BCUT2D eigenvalue weighted by Gasteiger charge is -2.25. The summed E-state index contributed by atoms with van der Waals surface area (Å²) in [5, 5.41) is 8.93. The van der Waals surface area contributed by atoms with Crippen LogP contribution in [0.25, 0.3) is 0 Å². The molecule has 0 radical (unpaired) electrons. The zero-order chi connectivity index (χ0) is 17.0. The first-order chi connectivity index (χ1) is 10.8. The van der Waals surface area contributed by atoms with E-state index in [-0.39, 0.29) is 17.9 Å². The average molecular weight is 333 g/mol. The Morgan fingerprint density at radius 2 is 1.65 bits per heavy atom. The van der Waals surface area contributed by atoms with E-state index in [2.05, 4.69) is 0 Å². The quantitative estimate of drug-likeness (QED) is 0.882. The van der Waals surface area contributed by atoms with Crippen molar-refractivity contribution < 1.29 is 18.3 Å². The van der Waals surface area contributed by atoms with Crippen LogP contribution >= 0.6 is 0 Å². The SMILES string of the molecule is Cc1ccc(S(=O)(=O)N(CCC(=O)O)c2ccccc2C)cc1. The van der Waals surface area contributed by atoms with Crippen LogP contribution in [0.15, 0.2) is 53.4 Å². The lowest BCUT2D eigenvalue weighted by molar-refractivity contribution is -0.136. The van der Waals surface area contributed by atoms with Gasteiger partial charge in [0.15, 0.2) is 0 Å². The van der Waals surface area contributed by atoms with Crippen LogP contribution in [-0.2, 0) is 14.8 Å². The number of carboxylic acids is 1. The number of nitrogens with zero attached hydrogens (tertiary/aromatic N) is 1. The van der Waals surface area contributed by atoms with Crippen molar-refractivity contribution in [3.05, 3.63) is 59.7 Å². The second-order valence-corrected chi connectivity index (χ2v) is 7.18. The first-order valence-corrected chi connectivity index (χ1v) is 8.63. The van der Waals surface area contributed by atoms with Gasteiger partial charge < -0.3 is 5.11 Å². The van der Waals surface area contributed by atoms with E-state index in [0.29, 0.717) is 5.69 Å². The molecule has 0 atom stereocenters. The first kappa shape index (κ1) is 17.0. The summed E-state index contributed by atoms with van der Waals surface area (Å²) in [5.74, 6) is -1.04. The molecule has 0 amide bonds. The van der Waals surface area contributed by atoms with Gasteiger partial charge in [0.1, 0.15) is 0 Å². The minimum atomic E-state index is -3.82. The van der Waals surface area contributed by atoms with Gasteiger partial charge in [-0.2, -0.15) is 0 Å². The Balaban J connectivity index is 2.50. The first-order valence-electron chi connectivity index (χ1n) is 7.19. The third-order valence-electron chi connectivity index (χ3n) is 3.52. The highest BCUT2D eigenvalue weighted by molar-refractivity contribution is 7.92. The number of hydrogen-bond donors (Lipinski definition) is 1. The number of hydrogen-bond acceptors (Lipinski definition) is 3. The molecule has 0 bridgehead atoms. The standard InChI is InChI=1S/C17H19NO4S/c1-13-7-9-15(10-8-13)23(21,22)18(12-11-17(19)20)16-6-4-3-5-14(16)2/h3-10H,11-12H2,1-2H3,(H,19,20). The molecule has 122 valence electrons. The molecule has 0 aromatic heterocycles. The van der Waals surface area contributed by atoms with Gasteiger partial charge in [0.05, 0.1) is 17.0 Å². The lowest BCUT2D eigenvalue weighted by Crippen LogP contribution is -2.33. The van der Waals surface area contributed by atoms with Gasteiger partial charge in [-0.3, -0.25) is 9.10 Å². The molecule has 6 heteroatoms. The summed E-state index contributed by atoms with van der Waals surface area (Å²) in [6.07, 6.45) is -0.264. The maximum absolute atomic E-state index is 12.9. The van der Waals surface area contributed by atoms with Crippen LogP contribution in [0.2, 0.25) is 0 Å². The number of aliphatic carboxylic acids is 1. The largest absolute Gasteiger partial charge is 0.481 e. The molecule has 2 rings (SSSR count). The molecule has 2 aromatic carbocycles. The molecule has 0 unspecified atom stereocenters. The smallest absolute Gasteiger partial charge is 0.305 e. The summed E-state index contributed by atoms with van der Waals surface area (Å²) >= 11 is 0. The third kappa shape index (κ3) is 3.90. The Kier molecular flexibility index (Phi) is 5.05. The molecule has 0 fully saturated rings. The maximum Gasteiger partial charge on any atom is 0.305 e. The summed E-state index contributed by atoms with van der Waals surface area (Å²) in [5.41, 5.74) is 2.22. The number of carbonyl (C=O) groups is 1. The number of aryl methyl sites for hydroxylation is 2. The minimum Gasteiger partial charge on any atom is -0.481 e. The summed E-state index contributed by atoms with van der Waals surface area (Å²) in [7, 11) is -3.82. The zero-order valence-corrected chi connectivity index (χ0v) is 13.9. The van der Waals surface area contributed by atoms with Crippen molar-refractivity contribution in [3.63, 3.8) is 0 Å². The number of carboxylic acid groups (broad SMARTS) is 1. The zero-order valence-electron chi connectivity index (χ0n) is 13.1. The van der Waals surface area contributed by atoms with E-state index in [1.165, 1.54) is 16.4 Å². The Bertz CT molecular complexity index is 798. The van der Waals surface area contributed by atoms with Crippen LogP contribution in [0.4, 0.5) is 5.69 Å². The fourth-order valence-electron chi connectivity index (χ4n) is 2.25. The van der Waals surface area contributed by atoms with Crippen LogP contribution in [0.3, 0.4) is 0 Å². The molecule has 0 saturated carbocycles. The van der Waals surface area contributed by atoms with Crippen molar-refractivity contribution >= 4 is 21.7 Å². The fourth-order valence-corrected chi connectivity index (χ4v) is 3.78. The maximum atomic E-state index is 12.9. The molecule has 0 saturated heterocycles. The van der Waals surface area contributed by atoms with Crippen LogP contribution < -0.4 is 4.31 Å². The topological polar surface area (TPSA) is 74.7 Å². The number of para-hydroxylation sites is 1. The highest BCUT2D eigenvalue weighted by atomic mass is 32.2. The van der Waals surface area contributed by atoms with Crippen molar-refractivity contribution in [2.75, 3.05) is 10.8 Å². The highest BCUT2D eigenvalue weighted by Gasteiger charge is 2.26. The fraction of sp³-hybridized carbons (Fsp3) is 0.235. The molecule has 0 aliphatic carbocycles. The van der Waals surface area contributed by atoms with E-state index in [1.54, 1.807) is 37.3 Å². The summed E-state index contributed by atoms with van der Waals surface area (Å²) in [6.45, 7) is 3.56. The second kappa shape index (κ2) is 6.83. The van der Waals surface area contributed by atoms with Crippen molar-refractivity contribution in [2.24, 2.45) is 0 Å². The number of benzene rings is 2. The van der Waals surface area contributed by atoms with E-state index in [1.807, 2.05) is 13.0 Å². The molecule has 23 heavy (non-hydrogen) atoms. The molecule has 0 heterocycles. The normalized spacial score (nSPS) is 11.2. The van der Waals surface area contributed by atoms with Gasteiger partial charge in [-0.05, 0) is 37.6 Å². The molecule has 1 N–H and O–H groups in total. The van der Waals surface area contributed by atoms with Crippen LogP contribution in [0, 0.1) is 13.8 Å². The molecule has 0 aliphatic heterocycles. The average Bonchev–Trinajstić information content (AvgIpc) is 2.49. The van der Waals surface area contributed by atoms with Gasteiger partial charge in [0.2, 0.25) is 0 Å². The number of sulfonamides is 1. The van der Waals surface area contributed by atoms with Gasteiger partial charge in [-0.1, -0.05) is 35.9 Å². The van der Waals surface area contributed by atoms with E-state index >= 15 is 0 Å². The van der Waals surface area contributed by atoms with Crippen molar-refractivity contribution in [1.82, 2.24) is 0 Å². The lowest BCUT2D eigenvalue weighted by atomic mass is 10.2. The van der Waals surface area contributed by atoms with Crippen molar-refractivity contribution in [1.29, 1.82) is 0 Å². The summed E-state index contributed by atoms with van der Waals surface area (Å²) < 4.78 is 27.1. The predicted molar refractivity (Wildman–Crippen MR) is 89.1 cm³/mol. The molecule has 0 aliphatic rings. The van der Waals surface area contributed by atoms with Gasteiger partial charge in [-0.25, -0.2) is 8.42 Å². The predicted octanol–water partition coefficient (Wildman–Crippen LogP) is 2.97. The molecular formula is C17H19NO4S. The number of anilines is 1. The van der Waals surface area contributed by atoms with Gasteiger partial charge >= 0.3 is 5.97 Å². The molecule has 0 spiro atoms. The van der Waals surface area contributed by atoms with Gasteiger partial charge in [-0.15, -0.1) is 0 Å².